The largest absolute Gasteiger partial charge is 1.00 e. The van der Waals surface area contributed by atoms with Crippen LogP contribution in [-0.4, -0.2) is 140 Å². The Labute approximate surface area is 753 Å². The van der Waals surface area contributed by atoms with Gasteiger partial charge in [0.15, 0.2) is 25.0 Å². The third kappa shape index (κ3) is 22.6. The smallest absolute Gasteiger partial charge is 1.00 e. The maximum Gasteiger partial charge on any atom is 1.00 e. The summed E-state index contributed by atoms with van der Waals surface area (Å²) in [4.78, 5) is 39.7. The van der Waals surface area contributed by atoms with E-state index in [9.17, 15) is 15.0 Å². The minimum Gasteiger partial charge on any atom is -1.00 e. The van der Waals surface area contributed by atoms with Crippen molar-refractivity contribution in [2.24, 2.45) is 11.8 Å². The summed E-state index contributed by atoms with van der Waals surface area (Å²) < 4.78 is 59.5. The van der Waals surface area contributed by atoms with Gasteiger partial charge in [-0.15, -0.1) is 0 Å². The minimum absolute atomic E-state index is 0. The summed E-state index contributed by atoms with van der Waals surface area (Å²) in [6.45, 7) is 44.2. The van der Waals surface area contributed by atoms with Crippen molar-refractivity contribution in [3.8, 4) is 45.0 Å². The van der Waals surface area contributed by atoms with Crippen molar-refractivity contribution >= 4 is 45.1 Å². The number of alkyl halides is 2. The molecule has 5 atom stereocenters. The number of carbonyl (C=O) groups is 2. The monoisotopic (exact) mass is 1720 g/mol. The van der Waals surface area contributed by atoms with Crippen LogP contribution in [0.5, 0.6) is 0 Å². The number of ketones is 1. The van der Waals surface area contributed by atoms with Crippen molar-refractivity contribution in [2.75, 3.05) is 0 Å². The van der Waals surface area contributed by atoms with E-state index in [1.807, 2.05) is 50.1 Å². The third-order valence-corrected chi connectivity index (χ3v) is 42.8. The molecule has 4 aliphatic heterocycles. The standard InChI is InChI=1S/C25H37FN2OSi.C25H38N2O2Si.C25H36N2O2Si.C19H23FN2O.C2H4O2.2CH4.B.Na.H/c1-18-8-7-9-20-21(28-17-27-16-22(28)23(18)20)12-15-25(26)13-10-19(11-14-25)29-30(5,6)24(2,3)4;2*1-17-8-7-9-20-21(27-16-26-15-22(27)24(17)20)14-23(28)18-10-12-19(13-11-18)29-30(5,6)25(2,3)4;1-13-3-2-4-15-16(22-12-21-11-17(22)18(13)15)7-10-19(20)8-5-14(23)6-9-19;1-2(3)4;;;;;/h7-9,16-17,19,21H,10-15H2,1-6H3;7-9,15-16,18-19,21,23,28H,10-14H2,1-6H3;7-9,15-16,18-19,21H,10-14H2,1-6H3;2-4,11-12,14,16,23H,5-10H2,1H3;1H3,(H,3,4);2*1H4;;;/q;;;;;;;;+1;-1. The fourth-order valence-corrected chi connectivity index (χ4v) is 23.5. The van der Waals surface area contributed by atoms with Crippen LogP contribution in [0.4, 0.5) is 8.78 Å². The first kappa shape index (κ1) is 101. The Hall–Kier alpha value is -5.76. The zero-order chi connectivity index (χ0) is 84.7. The fourth-order valence-electron chi connectivity index (χ4n) is 19.2. The van der Waals surface area contributed by atoms with Crippen LogP contribution in [0, 0.1) is 39.5 Å². The minimum atomic E-state index is -1.79. The number of halogens is 2. The molecule has 4 aliphatic carbocycles. The quantitative estimate of drug-likeness (QED) is 0.0689. The van der Waals surface area contributed by atoms with E-state index in [0.717, 1.165) is 102 Å². The van der Waals surface area contributed by atoms with Crippen LogP contribution in [-0.2, 0) is 22.9 Å². The molecule has 16 nitrogen and oxygen atoms in total. The number of aliphatic hydroxyl groups excluding tert-OH is 2. The summed E-state index contributed by atoms with van der Waals surface area (Å²) in [5.74, 6) is 0.106. The molecule has 4 aromatic carbocycles. The second kappa shape index (κ2) is 40.5. The van der Waals surface area contributed by atoms with E-state index < -0.39 is 42.3 Å². The number of fused-ring (bicyclic) bond motifs is 12. The van der Waals surface area contributed by atoms with E-state index in [2.05, 4.69) is 240 Å². The van der Waals surface area contributed by atoms with Gasteiger partial charge in [0, 0.05) is 68.2 Å². The van der Waals surface area contributed by atoms with E-state index in [4.69, 9.17) is 23.2 Å². The average molecular weight is 1720 g/mol. The van der Waals surface area contributed by atoms with Crippen LogP contribution in [0.3, 0.4) is 0 Å². The molecule has 16 rings (SSSR count). The molecule has 5 unspecified atom stereocenters. The third-order valence-electron chi connectivity index (χ3n) is 29.2. The van der Waals surface area contributed by atoms with E-state index in [1.54, 1.807) is 0 Å². The summed E-state index contributed by atoms with van der Waals surface area (Å²) in [6, 6.07) is 26.5. The number of hydrogen-bond acceptors (Lipinski definition) is 11. The molecule has 23 heteroatoms. The van der Waals surface area contributed by atoms with E-state index >= 15 is 8.78 Å². The number of aryl methyl sites for hydroxylation is 4. The summed E-state index contributed by atoms with van der Waals surface area (Å²) in [6.07, 6.45) is 33.1. The van der Waals surface area contributed by atoms with Gasteiger partial charge in [-0.25, -0.2) is 28.7 Å². The van der Waals surface area contributed by atoms with Gasteiger partial charge in [0.1, 0.15) is 17.1 Å². The van der Waals surface area contributed by atoms with Gasteiger partial charge in [0.25, 0.3) is 5.97 Å². The number of hydrogen-bond donors (Lipinski definition) is 3. The topological polar surface area (TPSA) is 194 Å². The van der Waals surface area contributed by atoms with Gasteiger partial charge in [-0.2, -0.15) is 0 Å². The Morgan fingerprint density at radius 3 is 1.09 bits per heavy atom. The van der Waals surface area contributed by atoms with Crippen molar-refractivity contribution in [3.05, 3.63) is 167 Å². The van der Waals surface area contributed by atoms with Gasteiger partial charge in [0.05, 0.1) is 109 Å². The van der Waals surface area contributed by atoms with Crippen molar-refractivity contribution < 1.29 is 78.0 Å². The number of carboxylic acid groups (broad SMARTS) is 1. The zero-order valence-electron chi connectivity index (χ0n) is 76.7. The predicted octanol–water partition coefficient (Wildman–Crippen LogP) is 21.9. The molecule has 657 valence electrons. The molecule has 0 bridgehead atoms. The number of Topliss-reactive ketones (excluding diaryl/α,β-unsaturated/α-hetero) is 1. The van der Waals surface area contributed by atoms with Crippen molar-refractivity contribution in [2.45, 2.75) is 373 Å². The van der Waals surface area contributed by atoms with Crippen LogP contribution in [0.15, 0.2) is 123 Å². The number of aromatic nitrogens is 8. The van der Waals surface area contributed by atoms with Crippen LogP contribution < -0.4 is 29.6 Å². The summed E-state index contributed by atoms with van der Waals surface area (Å²) in [5.41, 5.74) is 17.9. The van der Waals surface area contributed by atoms with Crippen molar-refractivity contribution in [1.82, 2.24) is 38.2 Å². The predicted molar refractivity (Wildman–Crippen MR) is 495 cm³/mol. The molecule has 0 amide bonds. The van der Waals surface area contributed by atoms with Crippen LogP contribution in [0.25, 0.3) is 45.0 Å². The Morgan fingerprint density at radius 2 is 0.760 bits per heavy atom. The van der Waals surface area contributed by atoms with E-state index in [1.165, 1.54) is 78.1 Å². The van der Waals surface area contributed by atoms with Crippen LogP contribution in [0.2, 0.25) is 54.4 Å². The number of aliphatic hydroxyl groups is 2. The van der Waals surface area contributed by atoms with Gasteiger partial charge in [-0.05, 0) is 267 Å². The first-order valence-electron chi connectivity index (χ1n) is 43.9. The molecule has 3 N–H and O–H groups in total. The van der Waals surface area contributed by atoms with Crippen molar-refractivity contribution in [3.63, 3.8) is 0 Å². The van der Waals surface area contributed by atoms with E-state index in [-0.39, 0.29) is 118 Å². The Kier molecular flexibility index (Phi) is 33.7. The maximum absolute atomic E-state index is 15.8. The van der Waals surface area contributed by atoms with Gasteiger partial charge >= 0.3 is 29.6 Å². The molecule has 8 heterocycles. The van der Waals surface area contributed by atoms with Gasteiger partial charge in [-0.1, -0.05) is 150 Å². The molecule has 4 aromatic heterocycles. The summed E-state index contributed by atoms with van der Waals surface area (Å²) in [7, 11) is -5.25. The second-order valence-electron chi connectivity index (χ2n) is 40.4. The molecule has 0 saturated heterocycles. The number of aliphatic carboxylic acids is 1. The second-order valence-corrected chi connectivity index (χ2v) is 54.7. The SMILES string of the molecule is C.C.CC(=O)O.Cc1cccc2c1-c1cncn1C2CC(=O)C1CCC(O[Si](C)(C)C(C)(C)C)CC1.Cc1cccc2c1-c1cncn1C2CC(O)C1CCC(O[Si](C)(C)C(C)(C)C)CC1.Cc1cccc2c1-c1cncn1C2CCC1(F)CCC(O)CC1.Cc1cccc2c1-c1cncn1C2CCC1(F)CCC(O[Si](C)(C)C(C)(C)C)CC1.[B].[H-].[Na+]. The van der Waals surface area contributed by atoms with Gasteiger partial charge < -0.3 is 48.3 Å². The van der Waals surface area contributed by atoms with Crippen LogP contribution in [0.1, 0.15) is 295 Å². The Balaban J connectivity index is 0.000000218. The fraction of sp³-hybridized carbons (Fsp3) is 0.612. The molecule has 8 aromatic rings. The Morgan fingerprint density at radius 1 is 0.479 bits per heavy atom. The summed E-state index contributed by atoms with van der Waals surface area (Å²) >= 11 is 0. The summed E-state index contributed by atoms with van der Waals surface area (Å²) in [5, 5.41) is 28.9. The number of rotatable bonds is 18. The number of benzene rings is 4. The maximum atomic E-state index is 15.8. The van der Waals surface area contributed by atoms with Gasteiger partial charge in [-0.3, -0.25) is 9.59 Å². The average Bonchev–Trinajstić information content (AvgIpc) is 1.61. The first-order chi connectivity index (χ1) is 55.0. The molecule has 4 fully saturated rings. The number of carboxylic acids is 1. The van der Waals surface area contributed by atoms with Crippen LogP contribution >= 0.6 is 0 Å². The Bertz CT molecular complexity index is 4740. The molecular formula is C98H147BF2N8NaO8Si3. The first-order valence-corrected chi connectivity index (χ1v) is 52.7. The van der Waals surface area contributed by atoms with Crippen molar-refractivity contribution in [1.29, 1.82) is 0 Å². The zero-order valence-corrected chi connectivity index (χ0v) is 80.7. The molecule has 121 heavy (non-hydrogen) atoms. The molecular weight excluding hydrogens is 1570 g/mol. The van der Waals surface area contributed by atoms with E-state index in [0.29, 0.717) is 81.7 Å². The molecule has 4 saturated carbocycles. The van der Waals surface area contributed by atoms with Gasteiger partial charge in [0.2, 0.25) is 0 Å². The number of nitrogens with zero attached hydrogens (tertiary/aromatic N) is 8. The molecule has 8 aliphatic rings. The normalized spacial score (nSPS) is 24.5. The number of imidazole rings is 4. The molecule has 3 radical (unpaired) electrons. The number of carbonyl (C=O) groups excluding carboxylic acids is 1. The molecule has 0 spiro atoms.